The van der Waals surface area contributed by atoms with Gasteiger partial charge >= 0.3 is 0 Å². The molecule has 0 aromatic carbocycles. The molecule has 1 aliphatic rings. The molecule has 2 atom stereocenters. The van der Waals surface area contributed by atoms with Crippen molar-refractivity contribution in [2.45, 2.75) is 58.1 Å². The SMILES string of the molecule is CCc1cnc(C(C)NCCCC2CCCO2)s1. The predicted molar refractivity (Wildman–Crippen MR) is 76.1 cm³/mol. The Balaban J connectivity index is 1.63. The fourth-order valence-corrected chi connectivity index (χ4v) is 3.18. The van der Waals surface area contributed by atoms with E-state index in [1.807, 2.05) is 17.5 Å². The average Bonchev–Trinajstić information content (AvgIpc) is 3.05. The van der Waals surface area contributed by atoms with E-state index in [9.17, 15) is 0 Å². The lowest BCUT2D eigenvalue weighted by atomic mass is 10.1. The topological polar surface area (TPSA) is 34.2 Å². The summed E-state index contributed by atoms with van der Waals surface area (Å²) in [5.74, 6) is 0. The standard InChI is InChI=1S/C14H24N2OS/c1-3-13-10-16-14(18-13)11(2)15-8-4-6-12-7-5-9-17-12/h10-12,15H,3-9H2,1-2H3. The van der Waals surface area contributed by atoms with Crippen molar-refractivity contribution in [2.75, 3.05) is 13.2 Å². The van der Waals surface area contributed by atoms with Crippen LogP contribution in [-0.2, 0) is 11.2 Å². The molecule has 2 unspecified atom stereocenters. The van der Waals surface area contributed by atoms with Gasteiger partial charge in [-0.2, -0.15) is 0 Å². The van der Waals surface area contributed by atoms with E-state index in [0.717, 1.165) is 19.6 Å². The molecule has 0 bridgehead atoms. The number of hydrogen-bond acceptors (Lipinski definition) is 4. The third-order valence-electron chi connectivity index (χ3n) is 3.47. The van der Waals surface area contributed by atoms with Gasteiger partial charge in [0.25, 0.3) is 0 Å². The molecule has 1 saturated heterocycles. The van der Waals surface area contributed by atoms with E-state index in [-0.39, 0.29) is 0 Å². The Morgan fingerprint density at radius 3 is 3.17 bits per heavy atom. The van der Waals surface area contributed by atoms with E-state index in [0.29, 0.717) is 12.1 Å². The van der Waals surface area contributed by atoms with E-state index < -0.39 is 0 Å². The predicted octanol–water partition coefficient (Wildman–Crippen LogP) is 3.32. The van der Waals surface area contributed by atoms with Crippen LogP contribution >= 0.6 is 11.3 Å². The summed E-state index contributed by atoms with van der Waals surface area (Å²) in [4.78, 5) is 5.85. The van der Waals surface area contributed by atoms with Gasteiger partial charge in [0.05, 0.1) is 12.1 Å². The molecule has 1 aliphatic heterocycles. The van der Waals surface area contributed by atoms with Crippen LogP contribution in [0.3, 0.4) is 0 Å². The molecule has 0 aliphatic carbocycles. The summed E-state index contributed by atoms with van der Waals surface area (Å²) in [5.41, 5.74) is 0. The fourth-order valence-electron chi connectivity index (χ4n) is 2.29. The maximum Gasteiger partial charge on any atom is 0.109 e. The van der Waals surface area contributed by atoms with Crippen LogP contribution in [-0.4, -0.2) is 24.2 Å². The van der Waals surface area contributed by atoms with Crippen molar-refractivity contribution in [3.8, 4) is 0 Å². The second kappa shape index (κ2) is 7.22. The fraction of sp³-hybridized carbons (Fsp3) is 0.786. The summed E-state index contributed by atoms with van der Waals surface area (Å²) in [6.07, 6.45) is 8.50. The van der Waals surface area contributed by atoms with Gasteiger partial charge in [0.1, 0.15) is 5.01 Å². The van der Waals surface area contributed by atoms with Crippen LogP contribution in [0.4, 0.5) is 0 Å². The molecule has 102 valence electrons. The first-order valence-electron chi connectivity index (χ1n) is 7.09. The number of thiazole rings is 1. The van der Waals surface area contributed by atoms with Gasteiger partial charge in [0.15, 0.2) is 0 Å². The van der Waals surface area contributed by atoms with Crippen LogP contribution in [0.15, 0.2) is 6.20 Å². The molecule has 1 fully saturated rings. The Labute approximate surface area is 114 Å². The molecule has 0 spiro atoms. The molecule has 0 radical (unpaired) electrons. The third-order valence-corrected chi connectivity index (χ3v) is 4.79. The first kappa shape index (κ1) is 14.0. The van der Waals surface area contributed by atoms with Gasteiger partial charge in [0, 0.05) is 17.7 Å². The number of nitrogens with one attached hydrogen (secondary N) is 1. The summed E-state index contributed by atoms with van der Waals surface area (Å²) < 4.78 is 5.62. The van der Waals surface area contributed by atoms with Gasteiger partial charge in [-0.15, -0.1) is 11.3 Å². The lowest BCUT2D eigenvalue weighted by Gasteiger charge is -2.12. The Morgan fingerprint density at radius 1 is 1.61 bits per heavy atom. The minimum atomic E-state index is 0.375. The number of nitrogens with zero attached hydrogens (tertiary/aromatic N) is 1. The Morgan fingerprint density at radius 2 is 2.50 bits per heavy atom. The first-order chi connectivity index (χ1) is 8.79. The van der Waals surface area contributed by atoms with Crippen molar-refractivity contribution in [3.63, 3.8) is 0 Å². The second-order valence-corrected chi connectivity index (χ2v) is 6.12. The minimum Gasteiger partial charge on any atom is -0.378 e. The molecule has 4 heteroatoms. The zero-order valence-electron chi connectivity index (χ0n) is 11.4. The summed E-state index contributed by atoms with van der Waals surface area (Å²) >= 11 is 1.83. The first-order valence-corrected chi connectivity index (χ1v) is 7.91. The molecular formula is C14H24N2OS. The normalized spacial score (nSPS) is 21.3. The number of aromatic nitrogens is 1. The highest BCUT2D eigenvalue weighted by Crippen LogP contribution is 2.20. The molecule has 1 aromatic heterocycles. The van der Waals surface area contributed by atoms with Crippen molar-refractivity contribution in [1.29, 1.82) is 0 Å². The van der Waals surface area contributed by atoms with Gasteiger partial charge < -0.3 is 10.1 Å². The van der Waals surface area contributed by atoms with Crippen LogP contribution in [0.1, 0.15) is 55.5 Å². The summed E-state index contributed by atoms with van der Waals surface area (Å²) in [7, 11) is 0. The second-order valence-electron chi connectivity index (χ2n) is 4.97. The highest BCUT2D eigenvalue weighted by Gasteiger charge is 2.15. The highest BCUT2D eigenvalue weighted by molar-refractivity contribution is 7.11. The lowest BCUT2D eigenvalue weighted by Crippen LogP contribution is -2.20. The van der Waals surface area contributed by atoms with Crippen LogP contribution < -0.4 is 5.32 Å². The van der Waals surface area contributed by atoms with Crippen molar-refractivity contribution in [3.05, 3.63) is 16.1 Å². The zero-order chi connectivity index (χ0) is 12.8. The van der Waals surface area contributed by atoms with E-state index in [1.165, 1.54) is 35.6 Å². The van der Waals surface area contributed by atoms with Crippen molar-refractivity contribution >= 4 is 11.3 Å². The minimum absolute atomic E-state index is 0.375. The van der Waals surface area contributed by atoms with Crippen molar-refractivity contribution in [2.24, 2.45) is 0 Å². The van der Waals surface area contributed by atoms with Crippen LogP contribution in [0.5, 0.6) is 0 Å². The Bertz CT molecular complexity index is 347. The molecule has 2 rings (SSSR count). The maximum atomic E-state index is 5.62. The number of ether oxygens (including phenoxy) is 1. The highest BCUT2D eigenvalue weighted by atomic mass is 32.1. The number of aryl methyl sites for hydroxylation is 1. The molecule has 3 nitrogen and oxygen atoms in total. The molecule has 1 aromatic rings. The van der Waals surface area contributed by atoms with Crippen molar-refractivity contribution in [1.82, 2.24) is 10.3 Å². The Hall–Kier alpha value is -0.450. The lowest BCUT2D eigenvalue weighted by molar-refractivity contribution is 0.102. The van der Waals surface area contributed by atoms with Gasteiger partial charge in [-0.05, 0) is 45.6 Å². The third kappa shape index (κ3) is 4.04. The van der Waals surface area contributed by atoms with E-state index in [4.69, 9.17) is 4.74 Å². The number of hydrogen-bond donors (Lipinski definition) is 1. The number of rotatable bonds is 7. The zero-order valence-corrected chi connectivity index (χ0v) is 12.3. The van der Waals surface area contributed by atoms with Gasteiger partial charge in [0.2, 0.25) is 0 Å². The van der Waals surface area contributed by atoms with Gasteiger partial charge in [-0.3, -0.25) is 0 Å². The monoisotopic (exact) mass is 268 g/mol. The summed E-state index contributed by atoms with van der Waals surface area (Å²) in [5, 5.41) is 4.76. The van der Waals surface area contributed by atoms with E-state index >= 15 is 0 Å². The molecule has 1 N–H and O–H groups in total. The van der Waals surface area contributed by atoms with Crippen LogP contribution in [0.2, 0.25) is 0 Å². The van der Waals surface area contributed by atoms with E-state index in [2.05, 4.69) is 24.1 Å². The Kier molecular flexibility index (Phi) is 5.60. The quantitative estimate of drug-likeness (QED) is 0.770. The smallest absolute Gasteiger partial charge is 0.109 e. The largest absolute Gasteiger partial charge is 0.378 e. The van der Waals surface area contributed by atoms with E-state index in [1.54, 1.807) is 0 Å². The average molecular weight is 268 g/mol. The molecule has 2 heterocycles. The molecular weight excluding hydrogens is 244 g/mol. The molecule has 18 heavy (non-hydrogen) atoms. The summed E-state index contributed by atoms with van der Waals surface area (Å²) in [6.45, 7) is 6.40. The van der Waals surface area contributed by atoms with Gasteiger partial charge in [-0.1, -0.05) is 6.92 Å². The van der Waals surface area contributed by atoms with Crippen molar-refractivity contribution < 1.29 is 4.74 Å². The van der Waals surface area contributed by atoms with Gasteiger partial charge in [-0.25, -0.2) is 4.98 Å². The maximum absolute atomic E-state index is 5.62. The van der Waals surface area contributed by atoms with Crippen LogP contribution in [0, 0.1) is 0 Å². The van der Waals surface area contributed by atoms with Crippen LogP contribution in [0.25, 0.3) is 0 Å². The summed E-state index contributed by atoms with van der Waals surface area (Å²) in [6, 6.07) is 0.375. The molecule has 0 saturated carbocycles. The molecule has 0 amide bonds.